The van der Waals surface area contributed by atoms with E-state index in [0.29, 0.717) is 11.7 Å². The van der Waals surface area contributed by atoms with Crippen molar-refractivity contribution in [3.63, 3.8) is 0 Å². The van der Waals surface area contributed by atoms with E-state index < -0.39 is 0 Å². The molecule has 0 bridgehead atoms. The zero-order valence-electron chi connectivity index (χ0n) is 18.5. The summed E-state index contributed by atoms with van der Waals surface area (Å²) < 4.78 is 7.47. The number of nitrogens with zero attached hydrogens (tertiary/aromatic N) is 4. The number of hydrogen-bond donors (Lipinski definition) is 1. The molecule has 7 nitrogen and oxygen atoms in total. The number of aryl methyl sites for hydroxylation is 1. The lowest BCUT2D eigenvalue weighted by Gasteiger charge is -2.22. The average Bonchev–Trinajstić information content (AvgIpc) is 3.37. The zero-order valence-corrected chi connectivity index (χ0v) is 18.5. The molecule has 31 heavy (non-hydrogen) atoms. The number of rotatable bonds is 7. The number of amides is 1. The van der Waals surface area contributed by atoms with E-state index in [2.05, 4.69) is 70.0 Å². The zero-order chi connectivity index (χ0) is 21.8. The Balaban J connectivity index is 1.48. The maximum Gasteiger partial charge on any atom is 0.287 e. The van der Waals surface area contributed by atoms with Crippen LogP contribution < -0.4 is 5.32 Å². The molecule has 0 saturated heterocycles. The van der Waals surface area contributed by atoms with E-state index in [9.17, 15) is 4.79 Å². The predicted molar refractivity (Wildman–Crippen MR) is 119 cm³/mol. The van der Waals surface area contributed by atoms with Gasteiger partial charge in [-0.15, -0.1) is 10.2 Å². The first-order valence-electron chi connectivity index (χ1n) is 11.0. The number of nitrogens with one attached hydrogen (secondary N) is 1. The predicted octanol–water partition coefficient (Wildman–Crippen LogP) is 3.76. The Hall–Kier alpha value is -2.93. The Morgan fingerprint density at radius 1 is 1.13 bits per heavy atom. The maximum absolute atomic E-state index is 12.6. The standard InChI is InChI=1S/C24H31N5O2/c1-17(2)15-20(25-24(30)21-5-4-14-31-21)23-27-26-22-10-11-28(12-13-29(22)23)16-19-8-6-18(3)7-9-19/h4-9,14,17,20H,10-13,15-16H2,1-3H3,(H,25,30)/t20-/m1/s1. The molecule has 4 rings (SSSR count). The number of fused-ring (bicyclic) bond motifs is 1. The normalized spacial score (nSPS) is 15.5. The molecule has 2 aromatic heterocycles. The van der Waals surface area contributed by atoms with E-state index in [1.54, 1.807) is 12.1 Å². The molecule has 0 saturated carbocycles. The van der Waals surface area contributed by atoms with Crippen LogP contribution in [0.15, 0.2) is 47.1 Å². The minimum absolute atomic E-state index is 0.206. The van der Waals surface area contributed by atoms with Crippen molar-refractivity contribution in [2.24, 2.45) is 5.92 Å². The summed E-state index contributed by atoms with van der Waals surface area (Å²) in [7, 11) is 0. The van der Waals surface area contributed by atoms with Crippen LogP contribution in [-0.4, -0.2) is 38.7 Å². The van der Waals surface area contributed by atoms with Gasteiger partial charge >= 0.3 is 0 Å². The van der Waals surface area contributed by atoms with Gasteiger partial charge in [-0.05, 0) is 37.0 Å². The van der Waals surface area contributed by atoms with Gasteiger partial charge in [0, 0.05) is 32.6 Å². The number of furan rings is 1. The van der Waals surface area contributed by atoms with E-state index in [-0.39, 0.29) is 11.9 Å². The second-order valence-corrected chi connectivity index (χ2v) is 8.77. The summed E-state index contributed by atoms with van der Waals surface area (Å²) in [5.41, 5.74) is 2.61. The van der Waals surface area contributed by atoms with Crippen LogP contribution in [0.1, 0.15) is 59.6 Å². The number of aromatic nitrogens is 3. The SMILES string of the molecule is Cc1ccc(CN2CCc3nnc([C@@H](CC(C)C)NC(=O)c4ccco4)n3CC2)cc1. The monoisotopic (exact) mass is 421 g/mol. The number of hydrogen-bond acceptors (Lipinski definition) is 5. The third kappa shape index (κ3) is 5.22. The highest BCUT2D eigenvalue weighted by Crippen LogP contribution is 2.23. The fourth-order valence-corrected chi connectivity index (χ4v) is 4.09. The molecular formula is C24H31N5O2. The van der Waals surface area contributed by atoms with Gasteiger partial charge < -0.3 is 14.3 Å². The Labute approximate surface area is 183 Å². The fourth-order valence-electron chi connectivity index (χ4n) is 4.09. The first kappa shape index (κ1) is 21.3. The van der Waals surface area contributed by atoms with E-state index in [1.165, 1.54) is 17.4 Å². The van der Waals surface area contributed by atoms with Crippen molar-refractivity contribution in [3.05, 3.63) is 71.2 Å². The summed E-state index contributed by atoms with van der Waals surface area (Å²) in [5, 5.41) is 12.1. The molecule has 164 valence electrons. The van der Waals surface area contributed by atoms with Crippen molar-refractivity contribution < 1.29 is 9.21 Å². The molecule has 1 atom stereocenters. The molecule has 1 N–H and O–H groups in total. The largest absolute Gasteiger partial charge is 0.459 e. The van der Waals surface area contributed by atoms with Gasteiger partial charge in [-0.25, -0.2) is 0 Å². The Morgan fingerprint density at radius 3 is 2.65 bits per heavy atom. The highest BCUT2D eigenvalue weighted by molar-refractivity contribution is 5.91. The molecule has 3 aromatic rings. The number of carbonyl (C=O) groups excluding carboxylic acids is 1. The van der Waals surface area contributed by atoms with Crippen LogP contribution in [0.5, 0.6) is 0 Å². The number of benzene rings is 1. The van der Waals surface area contributed by atoms with E-state index in [1.807, 2.05) is 0 Å². The summed E-state index contributed by atoms with van der Waals surface area (Å²) in [5.74, 6) is 2.32. The molecule has 0 spiro atoms. The van der Waals surface area contributed by atoms with Gasteiger partial charge in [0.05, 0.1) is 12.3 Å². The van der Waals surface area contributed by atoms with Crippen LogP contribution in [0, 0.1) is 12.8 Å². The average molecular weight is 422 g/mol. The second-order valence-electron chi connectivity index (χ2n) is 8.77. The van der Waals surface area contributed by atoms with Crippen LogP contribution in [-0.2, 0) is 19.5 Å². The Bertz CT molecular complexity index is 992. The Morgan fingerprint density at radius 2 is 1.94 bits per heavy atom. The van der Waals surface area contributed by atoms with Crippen molar-refractivity contribution in [2.75, 3.05) is 13.1 Å². The fraction of sp³-hybridized carbons (Fsp3) is 0.458. The molecule has 3 heterocycles. The lowest BCUT2D eigenvalue weighted by Crippen LogP contribution is -2.32. The second kappa shape index (κ2) is 9.47. The molecule has 0 aliphatic carbocycles. The molecule has 1 aliphatic rings. The minimum Gasteiger partial charge on any atom is -0.459 e. The highest BCUT2D eigenvalue weighted by atomic mass is 16.3. The van der Waals surface area contributed by atoms with Gasteiger partial charge in [0.25, 0.3) is 5.91 Å². The van der Waals surface area contributed by atoms with Gasteiger partial charge in [-0.1, -0.05) is 43.7 Å². The van der Waals surface area contributed by atoms with Gasteiger partial charge in [0.1, 0.15) is 5.82 Å². The van der Waals surface area contributed by atoms with Crippen LogP contribution >= 0.6 is 0 Å². The topological polar surface area (TPSA) is 76.2 Å². The third-order valence-corrected chi connectivity index (χ3v) is 5.74. The molecule has 0 fully saturated rings. The molecule has 1 amide bonds. The number of carbonyl (C=O) groups is 1. The molecule has 1 aliphatic heterocycles. The van der Waals surface area contributed by atoms with Gasteiger partial charge in [-0.2, -0.15) is 0 Å². The summed E-state index contributed by atoms with van der Waals surface area (Å²) in [6, 6.07) is 11.9. The van der Waals surface area contributed by atoms with E-state index in [4.69, 9.17) is 4.42 Å². The molecule has 1 aromatic carbocycles. The quantitative estimate of drug-likeness (QED) is 0.629. The molecule has 7 heteroatoms. The summed E-state index contributed by atoms with van der Waals surface area (Å²) in [6.45, 7) is 10.0. The van der Waals surface area contributed by atoms with Crippen molar-refractivity contribution in [3.8, 4) is 0 Å². The summed E-state index contributed by atoms with van der Waals surface area (Å²) >= 11 is 0. The summed E-state index contributed by atoms with van der Waals surface area (Å²) in [4.78, 5) is 15.1. The minimum atomic E-state index is -0.220. The first-order chi connectivity index (χ1) is 15.0. The van der Waals surface area contributed by atoms with Crippen molar-refractivity contribution in [1.82, 2.24) is 25.0 Å². The Kier molecular flexibility index (Phi) is 6.51. The van der Waals surface area contributed by atoms with Crippen LogP contribution in [0.3, 0.4) is 0 Å². The van der Waals surface area contributed by atoms with Crippen LogP contribution in [0.25, 0.3) is 0 Å². The van der Waals surface area contributed by atoms with Crippen molar-refractivity contribution in [1.29, 1.82) is 0 Å². The van der Waals surface area contributed by atoms with Crippen molar-refractivity contribution >= 4 is 5.91 Å². The smallest absolute Gasteiger partial charge is 0.287 e. The maximum atomic E-state index is 12.6. The van der Waals surface area contributed by atoms with Crippen LogP contribution in [0.4, 0.5) is 0 Å². The van der Waals surface area contributed by atoms with Gasteiger partial charge in [0.15, 0.2) is 11.6 Å². The van der Waals surface area contributed by atoms with Crippen molar-refractivity contribution in [2.45, 2.75) is 52.7 Å². The molecule has 0 unspecified atom stereocenters. The molecule has 0 radical (unpaired) electrons. The van der Waals surface area contributed by atoms with Crippen LogP contribution in [0.2, 0.25) is 0 Å². The van der Waals surface area contributed by atoms with Gasteiger partial charge in [0.2, 0.25) is 0 Å². The van der Waals surface area contributed by atoms with E-state index >= 15 is 0 Å². The highest BCUT2D eigenvalue weighted by Gasteiger charge is 2.27. The lowest BCUT2D eigenvalue weighted by molar-refractivity contribution is 0.0900. The lowest BCUT2D eigenvalue weighted by atomic mass is 10.0. The third-order valence-electron chi connectivity index (χ3n) is 5.74. The summed E-state index contributed by atoms with van der Waals surface area (Å²) in [6.07, 6.45) is 3.15. The first-order valence-corrected chi connectivity index (χ1v) is 11.0. The van der Waals surface area contributed by atoms with E-state index in [0.717, 1.165) is 50.7 Å². The van der Waals surface area contributed by atoms with Gasteiger partial charge in [-0.3, -0.25) is 9.69 Å². The molecular weight excluding hydrogens is 390 g/mol.